The zero-order valence-electron chi connectivity index (χ0n) is 15.8. The SMILES string of the molecule is NC1=NC2(c3cc(-c4cccnc4F)ccc3Oc3c(F)cc(O)cc32)c2nccn21. The van der Waals surface area contributed by atoms with Gasteiger partial charge in [-0.05, 0) is 35.9 Å². The largest absolute Gasteiger partial charge is 0.508 e. The van der Waals surface area contributed by atoms with E-state index in [2.05, 4.69) is 15.0 Å². The molecule has 4 aromatic rings. The van der Waals surface area contributed by atoms with Crippen molar-refractivity contribution in [2.75, 3.05) is 0 Å². The van der Waals surface area contributed by atoms with Crippen LogP contribution in [0.25, 0.3) is 11.1 Å². The molecule has 1 atom stereocenters. The van der Waals surface area contributed by atoms with Crippen molar-refractivity contribution < 1.29 is 18.6 Å². The number of fused-ring (bicyclic) bond motifs is 6. The highest BCUT2D eigenvalue weighted by Gasteiger charge is 2.51. The fourth-order valence-electron chi connectivity index (χ4n) is 4.27. The Balaban J connectivity index is 1.71. The average molecular weight is 417 g/mol. The fraction of sp³-hybridized carbons (Fsp3) is 0.0455. The highest BCUT2D eigenvalue weighted by atomic mass is 19.1. The third kappa shape index (κ3) is 2.22. The first-order chi connectivity index (χ1) is 15.0. The van der Waals surface area contributed by atoms with Crippen molar-refractivity contribution in [2.45, 2.75) is 5.54 Å². The third-order valence-electron chi connectivity index (χ3n) is 5.56. The predicted molar refractivity (Wildman–Crippen MR) is 107 cm³/mol. The van der Waals surface area contributed by atoms with E-state index in [9.17, 15) is 13.9 Å². The Morgan fingerprint density at radius 3 is 2.74 bits per heavy atom. The van der Waals surface area contributed by atoms with Crippen LogP contribution in [-0.2, 0) is 5.54 Å². The zero-order valence-corrected chi connectivity index (χ0v) is 15.8. The summed E-state index contributed by atoms with van der Waals surface area (Å²) in [4.78, 5) is 12.8. The standard InChI is InChI=1S/C22H13F2N5O2/c23-16-10-12(30)9-15-18(16)31-17-4-3-11(13-2-1-5-26-19(13)24)8-14(17)22(15)20-27-6-7-29(20)21(25)28-22/h1-10,30H,(H2,25,28). The maximum Gasteiger partial charge on any atom is 0.220 e. The molecule has 0 aliphatic carbocycles. The molecule has 0 bridgehead atoms. The van der Waals surface area contributed by atoms with E-state index in [0.29, 0.717) is 22.7 Å². The van der Waals surface area contributed by atoms with Crippen LogP contribution in [0.2, 0.25) is 0 Å². The van der Waals surface area contributed by atoms with Crippen LogP contribution in [0.5, 0.6) is 17.2 Å². The molecule has 0 saturated heterocycles. The second-order valence-corrected chi connectivity index (χ2v) is 7.26. The van der Waals surface area contributed by atoms with E-state index in [1.165, 1.54) is 12.3 Å². The van der Waals surface area contributed by atoms with Crippen LogP contribution in [-0.4, -0.2) is 25.6 Å². The Hall–Kier alpha value is -4.27. The van der Waals surface area contributed by atoms with E-state index in [0.717, 1.165) is 6.07 Å². The number of phenols is 1. The van der Waals surface area contributed by atoms with Gasteiger partial charge in [-0.25, -0.2) is 19.4 Å². The molecule has 2 aliphatic rings. The molecule has 2 aliphatic heterocycles. The molecule has 2 aromatic carbocycles. The van der Waals surface area contributed by atoms with Crippen LogP contribution in [0.15, 0.2) is 66.0 Å². The van der Waals surface area contributed by atoms with Crippen molar-refractivity contribution >= 4 is 5.96 Å². The van der Waals surface area contributed by atoms with Gasteiger partial charge in [0.2, 0.25) is 11.9 Å². The van der Waals surface area contributed by atoms with Crippen molar-refractivity contribution in [3.63, 3.8) is 0 Å². The van der Waals surface area contributed by atoms with E-state index in [1.54, 1.807) is 47.3 Å². The fourth-order valence-corrected chi connectivity index (χ4v) is 4.27. The molecule has 3 N–H and O–H groups in total. The summed E-state index contributed by atoms with van der Waals surface area (Å²) in [5, 5.41) is 10.1. The summed E-state index contributed by atoms with van der Waals surface area (Å²) in [5.41, 5.74) is 6.32. The molecule has 31 heavy (non-hydrogen) atoms. The van der Waals surface area contributed by atoms with Crippen molar-refractivity contribution in [3.8, 4) is 28.4 Å². The topological polar surface area (TPSA) is 98.6 Å². The minimum Gasteiger partial charge on any atom is -0.508 e. The number of hydrogen-bond donors (Lipinski definition) is 2. The van der Waals surface area contributed by atoms with Crippen LogP contribution in [0.3, 0.4) is 0 Å². The number of ether oxygens (including phenoxy) is 1. The summed E-state index contributed by atoms with van der Waals surface area (Å²) in [7, 11) is 0. The van der Waals surface area contributed by atoms with E-state index in [-0.39, 0.29) is 28.6 Å². The highest BCUT2D eigenvalue weighted by Crippen LogP contribution is 2.55. The lowest BCUT2D eigenvalue weighted by Crippen LogP contribution is -2.31. The first kappa shape index (κ1) is 17.6. The lowest BCUT2D eigenvalue weighted by Gasteiger charge is -2.34. The normalized spacial score (nSPS) is 18.2. The number of imidazole rings is 1. The summed E-state index contributed by atoms with van der Waals surface area (Å²) in [6.45, 7) is 0. The number of hydrogen-bond acceptors (Lipinski definition) is 6. The Kier molecular flexibility index (Phi) is 3.33. The van der Waals surface area contributed by atoms with E-state index in [1.807, 2.05) is 0 Å². The van der Waals surface area contributed by atoms with Crippen LogP contribution < -0.4 is 10.5 Å². The number of aromatic nitrogens is 3. The average Bonchev–Trinajstić information content (AvgIpc) is 3.34. The van der Waals surface area contributed by atoms with Crippen molar-refractivity contribution in [1.82, 2.24) is 14.5 Å². The number of aromatic hydroxyl groups is 1. The first-order valence-corrected chi connectivity index (χ1v) is 9.35. The van der Waals surface area contributed by atoms with Gasteiger partial charge in [-0.15, -0.1) is 0 Å². The van der Waals surface area contributed by atoms with Gasteiger partial charge in [-0.2, -0.15) is 4.39 Å². The molecule has 0 fully saturated rings. The molecule has 0 radical (unpaired) electrons. The Morgan fingerprint density at radius 2 is 1.90 bits per heavy atom. The molecule has 1 unspecified atom stereocenters. The first-order valence-electron chi connectivity index (χ1n) is 9.35. The van der Waals surface area contributed by atoms with Crippen LogP contribution in [0.4, 0.5) is 8.78 Å². The van der Waals surface area contributed by atoms with Gasteiger partial charge in [-0.1, -0.05) is 6.07 Å². The number of nitrogens with two attached hydrogens (primary N) is 1. The van der Waals surface area contributed by atoms with Crippen LogP contribution in [0.1, 0.15) is 17.0 Å². The number of phenolic OH excluding ortho intramolecular Hbond substituents is 1. The molecule has 7 nitrogen and oxygen atoms in total. The van der Waals surface area contributed by atoms with Gasteiger partial charge in [-0.3, -0.25) is 4.57 Å². The Morgan fingerprint density at radius 1 is 1.03 bits per heavy atom. The molecular weight excluding hydrogens is 404 g/mol. The number of pyridine rings is 1. The van der Waals surface area contributed by atoms with Gasteiger partial charge < -0.3 is 15.6 Å². The molecule has 152 valence electrons. The van der Waals surface area contributed by atoms with Gasteiger partial charge in [0.15, 0.2) is 22.9 Å². The highest BCUT2D eigenvalue weighted by molar-refractivity contribution is 5.87. The zero-order chi connectivity index (χ0) is 21.3. The molecule has 0 saturated carbocycles. The molecule has 4 heterocycles. The second kappa shape index (κ2) is 5.88. The molecule has 1 spiro atoms. The lowest BCUT2D eigenvalue weighted by molar-refractivity contribution is 0.384. The number of halogens is 2. The summed E-state index contributed by atoms with van der Waals surface area (Å²) < 4.78 is 36.6. The summed E-state index contributed by atoms with van der Waals surface area (Å²) in [6.07, 6.45) is 4.56. The maximum atomic E-state index is 14.8. The van der Waals surface area contributed by atoms with Gasteiger partial charge in [0, 0.05) is 41.3 Å². The minimum absolute atomic E-state index is 0.0846. The maximum absolute atomic E-state index is 14.8. The quantitative estimate of drug-likeness (QED) is 0.462. The van der Waals surface area contributed by atoms with Gasteiger partial charge in [0.1, 0.15) is 11.5 Å². The Bertz CT molecular complexity index is 1430. The predicted octanol–water partition coefficient (Wildman–Crippen LogP) is 3.50. The lowest BCUT2D eigenvalue weighted by atomic mass is 9.79. The monoisotopic (exact) mass is 417 g/mol. The summed E-state index contributed by atoms with van der Waals surface area (Å²) >= 11 is 0. The van der Waals surface area contributed by atoms with Crippen molar-refractivity contribution in [3.05, 3.63) is 89.8 Å². The number of nitrogens with zero attached hydrogens (tertiary/aromatic N) is 4. The third-order valence-corrected chi connectivity index (χ3v) is 5.56. The van der Waals surface area contributed by atoms with E-state index < -0.39 is 17.3 Å². The number of rotatable bonds is 1. The summed E-state index contributed by atoms with van der Waals surface area (Å²) in [5.74, 6) is -0.889. The van der Waals surface area contributed by atoms with E-state index in [4.69, 9.17) is 10.5 Å². The molecule has 2 aromatic heterocycles. The van der Waals surface area contributed by atoms with Gasteiger partial charge in [0.25, 0.3) is 0 Å². The van der Waals surface area contributed by atoms with Crippen molar-refractivity contribution in [1.29, 1.82) is 0 Å². The molecule has 0 amide bonds. The van der Waals surface area contributed by atoms with Gasteiger partial charge >= 0.3 is 0 Å². The van der Waals surface area contributed by atoms with E-state index >= 15 is 0 Å². The molecular formula is C22H13F2N5O2. The van der Waals surface area contributed by atoms with Crippen LogP contribution in [0, 0.1) is 11.8 Å². The summed E-state index contributed by atoms with van der Waals surface area (Å²) in [6, 6.07) is 10.5. The molecule has 9 heteroatoms. The van der Waals surface area contributed by atoms with Gasteiger partial charge in [0.05, 0.1) is 0 Å². The Labute approximate surface area is 174 Å². The second-order valence-electron chi connectivity index (χ2n) is 7.26. The number of benzene rings is 2. The minimum atomic E-state index is -1.38. The molecule has 6 rings (SSSR count). The smallest absolute Gasteiger partial charge is 0.220 e. The number of aliphatic imine (C=N–C) groups is 1. The van der Waals surface area contributed by atoms with Crippen LogP contribution >= 0.6 is 0 Å². The van der Waals surface area contributed by atoms with Crippen molar-refractivity contribution in [2.24, 2.45) is 10.7 Å².